The Hall–Kier alpha value is -2.48. The molecule has 1 aromatic rings. The third-order valence-electron chi connectivity index (χ3n) is 4.76. The molecule has 0 unspecified atom stereocenters. The van der Waals surface area contributed by atoms with Crippen molar-refractivity contribution in [1.82, 2.24) is 0 Å². The first-order chi connectivity index (χ1) is 13.4. The van der Waals surface area contributed by atoms with Gasteiger partial charge >= 0.3 is 5.97 Å². The van der Waals surface area contributed by atoms with Gasteiger partial charge in [-0.15, -0.1) is 0 Å². The number of halogens is 1. The molecule has 2 N–H and O–H groups in total. The predicted molar refractivity (Wildman–Crippen MR) is 105 cm³/mol. The molecule has 0 saturated carbocycles. The van der Waals surface area contributed by atoms with Crippen LogP contribution in [0.25, 0.3) is 0 Å². The minimum Gasteiger partial charge on any atom is -0.492 e. The lowest BCUT2D eigenvalue weighted by Crippen LogP contribution is -2.31. The zero-order chi connectivity index (χ0) is 20.4. The lowest BCUT2D eigenvalue weighted by atomic mass is 9.77. The van der Waals surface area contributed by atoms with Crippen molar-refractivity contribution in [3.8, 4) is 11.5 Å². The SMILES string of the molecule is CCOc1cc([C@@H]2C(C(=O)OC)=C(N)OC3=C2C(=O)CCC3)cc(Br)c1OC. The summed E-state index contributed by atoms with van der Waals surface area (Å²) in [6, 6.07) is 3.55. The molecule has 0 bridgehead atoms. The number of carbonyl (C=O) groups excluding carboxylic acids is 2. The second-order valence-electron chi connectivity index (χ2n) is 6.39. The molecule has 150 valence electrons. The third kappa shape index (κ3) is 3.48. The van der Waals surface area contributed by atoms with Crippen LogP contribution < -0.4 is 15.2 Å². The van der Waals surface area contributed by atoms with Gasteiger partial charge in [0.25, 0.3) is 0 Å². The molecule has 0 fully saturated rings. The van der Waals surface area contributed by atoms with Gasteiger partial charge in [0, 0.05) is 18.4 Å². The fraction of sp³-hybridized carbons (Fsp3) is 0.400. The number of benzene rings is 1. The van der Waals surface area contributed by atoms with E-state index in [1.807, 2.05) is 6.92 Å². The number of Topliss-reactive ketones (excluding diaryl/α,β-unsaturated/α-hetero) is 1. The van der Waals surface area contributed by atoms with Crippen molar-refractivity contribution in [2.75, 3.05) is 20.8 Å². The zero-order valence-electron chi connectivity index (χ0n) is 16.0. The summed E-state index contributed by atoms with van der Waals surface area (Å²) in [5, 5.41) is 0. The number of ether oxygens (including phenoxy) is 4. The summed E-state index contributed by atoms with van der Waals surface area (Å²) in [6.45, 7) is 2.28. The van der Waals surface area contributed by atoms with Crippen LogP contribution in [-0.2, 0) is 19.1 Å². The molecule has 3 rings (SSSR count). The molecule has 0 aromatic heterocycles. The highest BCUT2D eigenvalue weighted by molar-refractivity contribution is 9.10. The van der Waals surface area contributed by atoms with Crippen molar-refractivity contribution in [3.63, 3.8) is 0 Å². The lowest BCUT2D eigenvalue weighted by molar-refractivity contribution is -0.136. The summed E-state index contributed by atoms with van der Waals surface area (Å²) in [5.41, 5.74) is 7.28. The van der Waals surface area contributed by atoms with E-state index < -0.39 is 11.9 Å². The van der Waals surface area contributed by atoms with E-state index in [1.165, 1.54) is 7.11 Å². The minimum atomic E-state index is -0.703. The first-order valence-electron chi connectivity index (χ1n) is 8.95. The molecular formula is C20H22BrNO6. The third-order valence-corrected chi connectivity index (χ3v) is 5.35. The van der Waals surface area contributed by atoms with Gasteiger partial charge in [0.1, 0.15) is 11.3 Å². The molecule has 28 heavy (non-hydrogen) atoms. The highest BCUT2D eigenvalue weighted by Gasteiger charge is 2.41. The molecule has 0 spiro atoms. The number of carbonyl (C=O) groups is 2. The van der Waals surface area contributed by atoms with Gasteiger partial charge in [-0.25, -0.2) is 4.79 Å². The number of rotatable bonds is 5. The van der Waals surface area contributed by atoms with Crippen molar-refractivity contribution < 1.29 is 28.5 Å². The van der Waals surface area contributed by atoms with Gasteiger partial charge in [-0.3, -0.25) is 4.79 Å². The van der Waals surface area contributed by atoms with E-state index >= 15 is 0 Å². The Balaban J connectivity index is 2.24. The minimum absolute atomic E-state index is 0.0461. The summed E-state index contributed by atoms with van der Waals surface area (Å²) < 4.78 is 22.3. The number of nitrogens with two attached hydrogens (primary N) is 1. The Bertz CT molecular complexity index is 889. The van der Waals surface area contributed by atoms with Crippen molar-refractivity contribution in [1.29, 1.82) is 0 Å². The molecule has 1 aliphatic carbocycles. The molecule has 1 aromatic carbocycles. The van der Waals surface area contributed by atoms with Gasteiger partial charge in [0.05, 0.1) is 31.2 Å². The average Bonchev–Trinajstić information content (AvgIpc) is 2.66. The van der Waals surface area contributed by atoms with Crippen LogP contribution in [-0.4, -0.2) is 32.6 Å². The normalized spacial score (nSPS) is 19.1. The van der Waals surface area contributed by atoms with E-state index in [9.17, 15) is 9.59 Å². The molecule has 1 heterocycles. The molecule has 1 atom stereocenters. The Labute approximate surface area is 171 Å². The molecule has 0 amide bonds. The molecule has 0 radical (unpaired) electrons. The number of hydrogen-bond acceptors (Lipinski definition) is 7. The number of ketones is 1. The van der Waals surface area contributed by atoms with Crippen LogP contribution >= 0.6 is 15.9 Å². The van der Waals surface area contributed by atoms with Gasteiger partial charge in [-0.2, -0.15) is 0 Å². The van der Waals surface area contributed by atoms with Gasteiger partial charge in [-0.1, -0.05) is 0 Å². The maximum absolute atomic E-state index is 12.8. The Morgan fingerprint density at radius 3 is 2.71 bits per heavy atom. The van der Waals surface area contributed by atoms with Crippen molar-refractivity contribution in [2.24, 2.45) is 5.73 Å². The molecule has 8 heteroatoms. The van der Waals surface area contributed by atoms with E-state index in [0.717, 1.165) is 0 Å². The molecule has 0 saturated heterocycles. The van der Waals surface area contributed by atoms with Crippen molar-refractivity contribution >= 4 is 27.7 Å². The summed E-state index contributed by atoms with van der Waals surface area (Å²) in [7, 11) is 2.81. The van der Waals surface area contributed by atoms with Crippen molar-refractivity contribution in [2.45, 2.75) is 32.1 Å². The van der Waals surface area contributed by atoms with Gasteiger partial charge < -0.3 is 24.7 Å². The van der Waals surface area contributed by atoms with Gasteiger partial charge in [0.15, 0.2) is 17.3 Å². The second kappa shape index (κ2) is 8.26. The first-order valence-corrected chi connectivity index (χ1v) is 9.74. The van der Waals surface area contributed by atoms with Crippen LogP contribution in [0.5, 0.6) is 11.5 Å². The van der Waals surface area contributed by atoms with E-state index in [1.54, 1.807) is 19.2 Å². The first kappa shape index (κ1) is 20.3. The summed E-state index contributed by atoms with van der Waals surface area (Å²) >= 11 is 3.49. The van der Waals surface area contributed by atoms with E-state index in [2.05, 4.69) is 15.9 Å². The monoisotopic (exact) mass is 451 g/mol. The van der Waals surface area contributed by atoms with Crippen LogP contribution in [0.2, 0.25) is 0 Å². The highest BCUT2D eigenvalue weighted by Crippen LogP contribution is 2.47. The van der Waals surface area contributed by atoms with E-state index in [-0.39, 0.29) is 17.2 Å². The van der Waals surface area contributed by atoms with Crippen LogP contribution in [0.15, 0.2) is 39.4 Å². The fourth-order valence-corrected chi connectivity index (χ4v) is 4.24. The van der Waals surface area contributed by atoms with Crippen LogP contribution in [0.3, 0.4) is 0 Å². The highest BCUT2D eigenvalue weighted by atomic mass is 79.9. The summed E-state index contributed by atoms with van der Waals surface area (Å²) in [5.74, 6) is 0.0757. The lowest BCUT2D eigenvalue weighted by Gasteiger charge is -2.32. The Morgan fingerprint density at radius 2 is 2.07 bits per heavy atom. The topological polar surface area (TPSA) is 97.1 Å². The number of allylic oxidation sites excluding steroid dienone is 2. The van der Waals surface area contributed by atoms with Crippen LogP contribution in [0.4, 0.5) is 0 Å². The predicted octanol–water partition coefficient (Wildman–Crippen LogP) is 3.32. The summed E-state index contributed by atoms with van der Waals surface area (Å²) in [4.78, 5) is 25.3. The number of methoxy groups -OCH3 is 2. The maximum atomic E-state index is 12.8. The molecule has 1 aliphatic heterocycles. The molecule has 2 aliphatic rings. The fourth-order valence-electron chi connectivity index (χ4n) is 3.61. The smallest absolute Gasteiger partial charge is 0.340 e. The standard InChI is InChI=1S/C20H22BrNO6/c1-4-27-14-9-10(8-11(21)18(14)25-2)15-16-12(23)6-5-7-13(16)28-19(22)17(15)20(24)26-3/h8-9,15H,4-7,22H2,1-3H3/t15-/m0/s1. The molecule has 7 nitrogen and oxygen atoms in total. The second-order valence-corrected chi connectivity index (χ2v) is 7.24. The van der Waals surface area contributed by atoms with Crippen LogP contribution in [0, 0.1) is 0 Å². The largest absolute Gasteiger partial charge is 0.492 e. The maximum Gasteiger partial charge on any atom is 0.340 e. The van der Waals surface area contributed by atoms with E-state index in [0.29, 0.717) is 58.7 Å². The average molecular weight is 452 g/mol. The summed E-state index contributed by atoms with van der Waals surface area (Å²) in [6.07, 6.45) is 1.66. The zero-order valence-corrected chi connectivity index (χ0v) is 17.6. The Morgan fingerprint density at radius 1 is 1.32 bits per heavy atom. The van der Waals surface area contributed by atoms with Crippen molar-refractivity contribution in [3.05, 3.63) is 45.0 Å². The molecular weight excluding hydrogens is 430 g/mol. The number of esters is 1. The van der Waals surface area contributed by atoms with E-state index in [4.69, 9.17) is 24.7 Å². The quantitative estimate of drug-likeness (QED) is 0.685. The van der Waals surface area contributed by atoms with Gasteiger partial charge in [0.2, 0.25) is 5.88 Å². The Kier molecular flexibility index (Phi) is 5.98. The van der Waals surface area contributed by atoms with Crippen LogP contribution in [0.1, 0.15) is 37.7 Å². The number of hydrogen-bond donors (Lipinski definition) is 1. The van der Waals surface area contributed by atoms with Gasteiger partial charge in [-0.05, 0) is 47.0 Å².